The van der Waals surface area contributed by atoms with Gasteiger partial charge in [-0.1, -0.05) is 25.1 Å². The van der Waals surface area contributed by atoms with Gasteiger partial charge in [-0.3, -0.25) is 14.2 Å². The molecule has 7 nitrogen and oxygen atoms in total. The van der Waals surface area contributed by atoms with Crippen molar-refractivity contribution in [1.82, 2.24) is 19.3 Å². The molecule has 3 heterocycles. The van der Waals surface area contributed by atoms with Crippen LogP contribution in [0.1, 0.15) is 36.3 Å². The molecule has 154 valence electrons. The molecule has 0 aliphatic heterocycles. The number of rotatable bonds is 5. The number of hydrogen-bond acceptors (Lipinski definition) is 5. The average Bonchev–Trinajstić information content (AvgIpc) is 3.28. The third-order valence-electron chi connectivity index (χ3n) is 5.09. The zero-order valence-corrected chi connectivity index (χ0v) is 18.2. The molecule has 1 atom stereocenters. The van der Waals surface area contributed by atoms with Crippen LogP contribution in [0.15, 0.2) is 46.6 Å². The van der Waals surface area contributed by atoms with Crippen molar-refractivity contribution >= 4 is 33.4 Å². The molecule has 8 heteroatoms. The lowest BCUT2D eigenvalue weighted by Crippen LogP contribution is -2.34. The Balaban J connectivity index is 1.92. The highest BCUT2D eigenvalue weighted by Crippen LogP contribution is 2.27. The first kappa shape index (κ1) is 20.0. The number of para-hydroxylation sites is 1. The number of pyridine rings is 1. The van der Waals surface area contributed by atoms with Crippen LogP contribution in [0.4, 0.5) is 5.13 Å². The molecule has 0 aliphatic carbocycles. The number of nitrogens with one attached hydrogen (secondary N) is 1. The van der Waals surface area contributed by atoms with E-state index in [1.807, 2.05) is 63.4 Å². The van der Waals surface area contributed by atoms with E-state index in [1.165, 1.54) is 11.3 Å². The summed E-state index contributed by atoms with van der Waals surface area (Å²) in [6, 6.07) is 10.5. The molecule has 0 saturated carbocycles. The van der Waals surface area contributed by atoms with Gasteiger partial charge in [0.2, 0.25) is 5.91 Å². The van der Waals surface area contributed by atoms with E-state index in [1.54, 1.807) is 15.3 Å². The number of carbonyl (C=O) groups is 1. The van der Waals surface area contributed by atoms with E-state index < -0.39 is 6.04 Å². The third-order valence-corrected chi connectivity index (χ3v) is 5.96. The minimum atomic E-state index is -0.691. The minimum absolute atomic E-state index is 0.227. The topological polar surface area (TPSA) is 81.8 Å². The van der Waals surface area contributed by atoms with Crippen LogP contribution in [0.3, 0.4) is 0 Å². The number of anilines is 1. The van der Waals surface area contributed by atoms with E-state index >= 15 is 0 Å². The average molecular weight is 422 g/mol. The molecule has 0 aliphatic rings. The first-order valence-electron chi connectivity index (χ1n) is 9.80. The number of hydrogen-bond donors (Lipinski definition) is 1. The van der Waals surface area contributed by atoms with Crippen molar-refractivity contribution in [3.63, 3.8) is 0 Å². The van der Waals surface area contributed by atoms with Gasteiger partial charge in [0.15, 0.2) is 5.13 Å². The molecule has 0 bridgehead atoms. The summed E-state index contributed by atoms with van der Waals surface area (Å²) in [5.74, 6) is -0.266. The van der Waals surface area contributed by atoms with Gasteiger partial charge in [0.25, 0.3) is 5.56 Å². The predicted octanol–water partition coefficient (Wildman–Crippen LogP) is 4.16. The second-order valence-corrected chi connectivity index (χ2v) is 8.13. The number of aromatic nitrogens is 4. The molecule has 4 aromatic rings. The van der Waals surface area contributed by atoms with E-state index in [4.69, 9.17) is 5.10 Å². The Morgan fingerprint density at radius 1 is 1.20 bits per heavy atom. The fourth-order valence-electron chi connectivity index (χ4n) is 3.77. The maximum atomic E-state index is 13.2. The summed E-state index contributed by atoms with van der Waals surface area (Å²) in [7, 11) is 0. The quantitative estimate of drug-likeness (QED) is 0.525. The molecule has 3 aromatic heterocycles. The van der Waals surface area contributed by atoms with E-state index in [2.05, 4.69) is 10.3 Å². The van der Waals surface area contributed by atoms with Crippen LogP contribution in [0.2, 0.25) is 0 Å². The van der Waals surface area contributed by atoms with E-state index in [-0.39, 0.29) is 11.5 Å². The summed E-state index contributed by atoms with van der Waals surface area (Å²) in [6.45, 7) is 7.59. The number of fused-ring (bicyclic) bond motifs is 1. The molecule has 0 spiro atoms. The summed E-state index contributed by atoms with van der Waals surface area (Å²) < 4.78 is 3.31. The lowest BCUT2D eigenvalue weighted by molar-refractivity contribution is -0.119. The molecule has 1 amide bonds. The highest BCUT2D eigenvalue weighted by molar-refractivity contribution is 7.13. The van der Waals surface area contributed by atoms with Gasteiger partial charge in [-0.15, -0.1) is 11.3 Å². The monoisotopic (exact) mass is 421 g/mol. The van der Waals surface area contributed by atoms with Gasteiger partial charge < -0.3 is 5.32 Å². The summed E-state index contributed by atoms with van der Waals surface area (Å²) in [5, 5.41) is 10.9. The van der Waals surface area contributed by atoms with Gasteiger partial charge in [0.1, 0.15) is 11.7 Å². The Kier molecular flexibility index (Phi) is 5.26. The molecule has 1 N–H and O–H groups in total. The summed E-state index contributed by atoms with van der Waals surface area (Å²) in [5.41, 5.74) is 3.73. The summed E-state index contributed by atoms with van der Waals surface area (Å²) >= 11 is 1.37. The van der Waals surface area contributed by atoms with Crippen molar-refractivity contribution in [2.75, 3.05) is 5.32 Å². The van der Waals surface area contributed by atoms with Crippen LogP contribution in [0.25, 0.3) is 16.7 Å². The van der Waals surface area contributed by atoms with Crippen molar-refractivity contribution in [1.29, 1.82) is 0 Å². The van der Waals surface area contributed by atoms with Crippen LogP contribution in [0.5, 0.6) is 0 Å². The first-order valence-corrected chi connectivity index (χ1v) is 10.7. The van der Waals surface area contributed by atoms with Crippen LogP contribution in [-0.2, 0) is 4.79 Å². The Labute approximate surface area is 178 Å². The van der Waals surface area contributed by atoms with Crippen LogP contribution >= 0.6 is 11.3 Å². The molecule has 1 aromatic carbocycles. The standard InChI is InChI=1S/C22H23N5O2S/c1-5-17(20(29)24-22-23-14(3)12-30-22)26-18(28)11-13(2)19-15(4)25-27(21(19)26)16-9-7-6-8-10-16/h6-12,17H,5H2,1-4H3,(H,23,24,29). The second-order valence-electron chi connectivity index (χ2n) is 7.27. The number of nitrogens with zero attached hydrogens (tertiary/aromatic N) is 4. The number of amides is 1. The zero-order valence-electron chi connectivity index (χ0n) is 17.3. The van der Waals surface area contributed by atoms with Gasteiger partial charge in [0.05, 0.1) is 17.1 Å². The number of carbonyl (C=O) groups excluding carboxylic acids is 1. The Morgan fingerprint density at radius 3 is 2.57 bits per heavy atom. The molecule has 30 heavy (non-hydrogen) atoms. The fraction of sp³-hybridized carbons (Fsp3) is 0.273. The lowest BCUT2D eigenvalue weighted by atomic mass is 10.1. The third kappa shape index (κ3) is 3.43. The second kappa shape index (κ2) is 7.87. The number of benzene rings is 1. The minimum Gasteiger partial charge on any atom is -0.300 e. The number of thiazole rings is 1. The molecular weight excluding hydrogens is 398 g/mol. The van der Waals surface area contributed by atoms with Crippen molar-refractivity contribution in [3.8, 4) is 5.69 Å². The Morgan fingerprint density at radius 2 is 1.93 bits per heavy atom. The highest BCUT2D eigenvalue weighted by Gasteiger charge is 2.26. The van der Waals surface area contributed by atoms with E-state index in [0.29, 0.717) is 17.2 Å². The predicted molar refractivity (Wildman–Crippen MR) is 120 cm³/mol. The Hall–Kier alpha value is -3.26. The van der Waals surface area contributed by atoms with Crippen LogP contribution in [0, 0.1) is 20.8 Å². The maximum Gasteiger partial charge on any atom is 0.253 e. The van der Waals surface area contributed by atoms with Gasteiger partial charge in [-0.05, 0) is 44.9 Å². The van der Waals surface area contributed by atoms with Crippen molar-refractivity contribution < 1.29 is 4.79 Å². The van der Waals surface area contributed by atoms with Crippen LogP contribution < -0.4 is 10.9 Å². The first-order chi connectivity index (χ1) is 14.4. The van der Waals surface area contributed by atoms with Gasteiger partial charge in [-0.2, -0.15) is 5.10 Å². The fourth-order valence-corrected chi connectivity index (χ4v) is 4.46. The Bertz CT molecular complexity index is 1290. The highest BCUT2D eigenvalue weighted by atomic mass is 32.1. The summed E-state index contributed by atoms with van der Waals surface area (Å²) in [6.07, 6.45) is 0.452. The lowest BCUT2D eigenvalue weighted by Gasteiger charge is -2.20. The van der Waals surface area contributed by atoms with Gasteiger partial charge in [-0.25, -0.2) is 9.67 Å². The van der Waals surface area contributed by atoms with Crippen molar-refractivity contribution in [3.05, 3.63) is 69.1 Å². The molecule has 0 saturated heterocycles. The van der Waals surface area contributed by atoms with E-state index in [0.717, 1.165) is 28.0 Å². The maximum absolute atomic E-state index is 13.2. The summed E-state index contributed by atoms with van der Waals surface area (Å²) in [4.78, 5) is 30.6. The number of aryl methyl sites for hydroxylation is 3. The zero-order chi connectivity index (χ0) is 21.4. The van der Waals surface area contributed by atoms with Crippen molar-refractivity contribution in [2.24, 2.45) is 0 Å². The molecular formula is C22H23N5O2S. The SMILES string of the molecule is CCC(C(=O)Nc1nc(C)cs1)n1c(=O)cc(C)c2c(C)nn(-c3ccccc3)c21. The normalized spacial score (nSPS) is 12.3. The smallest absolute Gasteiger partial charge is 0.253 e. The largest absolute Gasteiger partial charge is 0.300 e. The van der Waals surface area contributed by atoms with Crippen molar-refractivity contribution in [2.45, 2.75) is 40.2 Å². The van der Waals surface area contributed by atoms with E-state index in [9.17, 15) is 9.59 Å². The van der Waals surface area contributed by atoms with Gasteiger partial charge in [0, 0.05) is 16.8 Å². The molecule has 0 radical (unpaired) electrons. The molecule has 4 rings (SSSR count). The van der Waals surface area contributed by atoms with Crippen LogP contribution in [-0.4, -0.2) is 25.2 Å². The van der Waals surface area contributed by atoms with Gasteiger partial charge >= 0.3 is 0 Å². The molecule has 1 unspecified atom stereocenters. The molecule has 0 fully saturated rings.